The molecule has 0 atom stereocenters. The first kappa shape index (κ1) is 8.53. The van der Waals surface area contributed by atoms with Crippen LogP contribution >= 0.6 is 0 Å². The zero-order valence-corrected chi connectivity index (χ0v) is 8.67. The second-order valence-electron chi connectivity index (χ2n) is 3.97. The Balaban J connectivity index is 2.13. The lowest BCUT2D eigenvalue weighted by molar-refractivity contribution is 1.04. The Morgan fingerprint density at radius 1 is 1.33 bits per heavy atom. The Morgan fingerprint density at radius 2 is 2.27 bits per heavy atom. The third-order valence-corrected chi connectivity index (χ3v) is 2.84. The van der Waals surface area contributed by atoms with E-state index in [1.165, 1.54) is 22.4 Å². The van der Waals surface area contributed by atoms with Crippen molar-refractivity contribution >= 4 is 5.82 Å². The van der Waals surface area contributed by atoms with Crippen molar-refractivity contribution in [3.8, 4) is 11.3 Å². The Hall–Kier alpha value is -1.77. The largest absolute Gasteiger partial charge is 0.368 e. The van der Waals surface area contributed by atoms with Crippen molar-refractivity contribution in [2.75, 3.05) is 11.9 Å². The summed E-state index contributed by atoms with van der Waals surface area (Å²) in [7, 11) is 0. The normalized spacial score (nSPS) is 13.7. The fraction of sp³-hybridized carbons (Fsp3) is 0.250. The smallest absolute Gasteiger partial charge is 0.151 e. The standard InChI is InChI=1S/C12H13N3/c1-8-3-2-4-9(7-8)11-10-5-6-13-12(10)15-14-11/h2-4,7H,5-6H2,1H3,(H2,13,14,15). The van der Waals surface area contributed by atoms with E-state index in [1.807, 2.05) is 0 Å². The fourth-order valence-electron chi connectivity index (χ4n) is 2.10. The summed E-state index contributed by atoms with van der Waals surface area (Å²) in [6.45, 7) is 3.11. The van der Waals surface area contributed by atoms with E-state index in [4.69, 9.17) is 0 Å². The van der Waals surface area contributed by atoms with Crippen LogP contribution in [0.1, 0.15) is 11.1 Å². The highest BCUT2D eigenvalue weighted by Crippen LogP contribution is 2.30. The van der Waals surface area contributed by atoms with Crippen LogP contribution in [0.4, 0.5) is 5.82 Å². The van der Waals surface area contributed by atoms with Crippen molar-refractivity contribution in [2.24, 2.45) is 0 Å². The van der Waals surface area contributed by atoms with Gasteiger partial charge in [-0.05, 0) is 19.4 Å². The summed E-state index contributed by atoms with van der Waals surface area (Å²) >= 11 is 0. The van der Waals surface area contributed by atoms with Gasteiger partial charge in [-0.1, -0.05) is 23.8 Å². The topological polar surface area (TPSA) is 40.7 Å². The monoisotopic (exact) mass is 199 g/mol. The summed E-state index contributed by atoms with van der Waals surface area (Å²) in [5.41, 5.74) is 4.99. The Kier molecular flexibility index (Phi) is 1.78. The van der Waals surface area contributed by atoms with Gasteiger partial charge in [0.1, 0.15) is 0 Å². The molecule has 0 aliphatic carbocycles. The minimum absolute atomic E-state index is 1.01. The number of aryl methyl sites for hydroxylation is 1. The Labute approximate surface area is 88.5 Å². The summed E-state index contributed by atoms with van der Waals surface area (Å²) < 4.78 is 0. The lowest BCUT2D eigenvalue weighted by Gasteiger charge is -2.01. The molecule has 0 unspecified atom stereocenters. The second-order valence-corrected chi connectivity index (χ2v) is 3.97. The molecule has 1 aromatic heterocycles. The van der Waals surface area contributed by atoms with Gasteiger partial charge in [0, 0.05) is 17.7 Å². The van der Waals surface area contributed by atoms with Crippen LogP contribution in [0.5, 0.6) is 0 Å². The molecule has 3 nitrogen and oxygen atoms in total. The van der Waals surface area contributed by atoms with Gasteiger partial charge in [0.05, 0.1) is 5.69 Å². The van der Waals surface area contributed by atoms with Crippen LogP contribution in [0.25, 0.3) is 11.3 Å². The number of fused-ring (bicyclic) bond motifs is 1. The number of hydrogen-bond acceptors (Lipinski definition) is 2. The molecule has 0 spiro atoms. The molecule has 2 aromatic rings. The lowest BCUT2D eigenvalue weighted by atomic mass is 10.0. The van der Waals surface area contributed by atoms with E-state index in [1.54, 1.807) is 0 Å². The zero-order chi connectivity index (χ0) is 10.3. The molecule has 2 N–H and O–H groups in total. The van der Waals surface area contributed by atoms with Crippen molar-refractivity contribution in [1.29, 1.82) is 0 Å². The molecule has 0 saturated heterocycles. The Morgan fingerprint density at radius 3 is 3.13 bits per heavy atom. The van der Waals surface area contributed by atoms with Gasteiger partial charge in [-0.3, -0.25) is 5.10 Å². The van der Waals surface area contributed by atoms with Crippen molar-refractivity contribution < 1.29 is 0 Å². The van der Waals surface area contributed by atoms with Crippen LogP contribution in [0.2, 0.25) is 0 Å². The van der Waals surface area contributed by atoms with E-state index in [0.29, 0.717) is 0 Å². The van der Waals surface area contributed by atoms with Crippen molar-refractivity contribution in [3.05, 3.63) is 35.4 Å². The highest BCUT2D eigenvalue weighted by Gasteiger charge is 2.18. The summed E-state index contributed by atoms with van der Waals surface area (Å²) in [5, 5.41) is 10.6. The number of rotatable bonds is 1. The highest BCUT2D eigenvalue weighted by molar-refractivity contribution is 5.71. The average molecular weight is 199 g/mol. The average Bonchev–Trinajstić information content (AvgIpc) is 2.77. The van der Waals surface area contributed by atoms with Crippen molar-refractivity contribution in [2.45, 2.75) is 13.3 Å². The van der Waals surface area contributed by atoms with Gasteiger partial charge in [0.25, 0.3) is 0 Å². The predicted octanol–water partition coefficient (Wildman–Crippen LogP) is 2.35. The molecule has 1 aliphatic heterocycles. The third kappa shape index (κ3) is 1.31. The van der Waals surface area contributed by atoms with E-state index in [2.05, 4.69) is 46.7 Å². The van der Waals surface area contributed by atoms with Crippen LogP contribution in [-0.4, -0.2) is 16.7 Å². The lowest BCUT2D eigenvalue weighted by Crippen LogP contribution is -1.94. The van der Waals surface area contributed by atoms with E-state index in [9.17, 15) is 0 Å². The maximum absolute atomic E-state index is 4.27. The number of H-pyrrole nitrogens is 1. The molecule has 1 aromatic carbocycles. The van der Waals surface area contributed by atoms with Crippen LogP contribution in [0.3, 0.4) is 0 Å². The fourth-order valence-corrected chi connectivity index (χ4v) is 2.10. The number of benzene rings is 1. The molecule has 76 valence electrons. The Bertz CT molecular complexity index is 499. The van der Waals surface area contributed by atoms with Crippen LogP contribution < -0.4 is 5.32 Å². The van der Waals surface area contributed by atoms with Gasteiger partial charge in [-0.2, -0.15) is 5.10 Å². The SMILES string of the molecule is Cc1cccc(-c2[nH]nc3c2CCN3)c1. The molecular formula is C12H13N3. The summed E-state index contributed by atoms with van der Waals surface area (Å²) in [5.74, 6) is 1.02. The number of aromatic amines is 1. The first-order valence-corrected chi connectivity index (χ1v) is 5.23. The van der Waals surface area contributed by atoms with Crippen LogP contribution in [0, 0.1) is 6.92 Å². The van der Waals surface area contributed by atoms with E-state index < -0.39 is 0 Å². The van der Waals surface area contributed by atoms with Gasteiger partial charge in [-0.25, -0.2) is 0 Å². The first-order chi connectivity index (χ1) is 7.34. The van der Waals surface area contributed by atoms with E-state index >= 15 is 0 Å². The van der Waals surface area contributed by atoms with Gasteiger partial charge in [0.15, 0.2) is 5.82 Å². The molecule has 3 heteroatoms. The highest BCUT2D eigenvalue weighted by atomic mass is 15.2. The number of aromatic nitrogens is 2. The number of nitrogens with zero attached hydrogens (tertiary/aromatic N) is 1. The first-order valence-electron chi connectivity index (χ1n) is 5.23. The molecule has 3 rings (SSSR count). The summed E-state index contributed by atoms with van der Waals surface area (Å²) in [6.07, 6.45) is 1.06. The van der Waals surface area contributed by atoms with Crippen molar-refractivity contribution in [1.82, 2.24) is 10.2 Å². The van der Waals surface area contributed by atoms with E-state index in [-0.39, 0.29) is 0 Å². The molecule has 0 saturated carbocycles. The quantitative estimate of drug-likeness (QED) is 0.740. The van der Waals surface area contributed by atoms with Crippen molar-refractivity contribution in [3.63, 3.8) is 0 Å². The molecule has 15 heavy (non-hydrogen) atoms. The number of hydrogen-bond donors (Lipinski definition) is 2. The van der Waals surface area contributed by atoms with Crippen LogP contribution in [-0.2, 0) is 6.42 Å². The van der Waals surface area contributed by atoms with Gasteiger partial charge in [-0.15, -0.1) is 0 Å². The molecular weight excluding hydrogens is 186 g/mol. The molecule has 2 heterocycles. The molecule has 0 radical (unpaired) electrons. The second kappa shape index (κ2) is 3.12. The van der Waals surface area contributed by atoms with Gasteiger partial charge in [0.2, 0.25) is 0 Å². The third-order valence-electron chi connectivity index (χ3n) is 2.84. The maximum atomic E-state index is 4.27. The minimum atomic E-state index is 1.01. The predicted molar refractivity (Wildman–Crippen MR) is 61.0 cm³/mol. The number of anilines is 1. The van der Waals surface area contributed by atoms with Crippen LogP contribution in [0.15, 0.2) is 24.3 Å². The molecule has 0 fully saturated rings. The summed E-state index contributed by atoms with van der Waals surface area (Å²) in [6, 6.07) is 8.50. The zero-order valence-electron chi connectivity index (χ0n) is 8.67. The number of nitrogens with one attached hydrogen (secondary N) is 2. The van der Waals surface area contributed by atoms with Gasteiger partial charge < -0.3 is 5.32 Å². The van der Waals surface area contributed by atoms with E-state index in [0.717, 1.165) is 18.8 Å². The molecule has 0 amide bonds. The molecule has 0 bridgehead atoms. The van der Waals surface area contributed by atoms with Gasteiger partial charge >= 0.3 is 0 Å². The molecule has 1 aliphatic rings. The summed E-state index contributed by atoms with van der Waals surface area (Å²) in [4.78, 5) is 0. The minimum Gasteiger partial charge on any atom is -0.368 e. The maximum Gasteiger partial charge on any atom is 0.151 e.